The Morgan fingerprint density at radius 1 is 1.14 bits per heavy atom. The highest BCUT2D eigenvalue weighted by Crippen LogP contribution is 2.19. The molecule has 0 saturated carbocycles. The molecule has 2 amide bonds. The summed E-state index contributed by atoms with van der Waals surface area (Å²) in [5.74, 6) is -1.28. The van der Waals surface area contributed by atoms with Crippen LogP contribution in [0, 0.1) is 17.0 Å². The third-order valence-corrected chi connectivity index (χ3v) is 3.64. The average Bonchev–Trinajstić information content (AvgIpc) is 2.66. The van der Waals surface area contributed by atoms with E-state index in [4.69, 9.17) is 4.74 Å². The van der Waals surface area contributed by atoms with Gasteiger partial charge in [-0.25, -0.2) is 0 Å². The number of ether oxygens (including phenoxy) is 1. The average molecular weight is 411 g/mol. The van der Waals surface area contributed by atoms with E-state index < -0.39 is 36.1 Å². The van der Waals surface area contributed by atoms with Gasteiger partial charge in [0, 0.05) is 23.4 Å². The Morgan fingerprint density at radius 2 is 1.79 bits per heavy atom. The first-order valence-corrected chi connectivity index (χ1v) is 8.18. The first-order chi connectivity index (χ1) is 13.5. The van der Waals surface area contributed by atoms with Crippen LogP contribution in [0.4, 0.5) is 24.5 Å². The van der Waals surface area contributed by atoms with Crippen molar-refractivity contribution in [3.8, 4) is 5.75 Å². The lowest BCUT2D eigenvalue weighted by Gasteiger charge is -2.12. The fourth-order valence-electron chi connectivity index (χ4n) is 2.18. The van der Waals surface area contributed by atoms with Gasteiger partial charge in [-0.15, -0.1) is 0 Å². The van der Waals surface area contributed by atoms with Gasteiger partial charge in [0.05, 0.1) is 4.92 Å². The largest absolute Gasteiger partial charge is 0.484 e. The fraction of sp³-hybridized carbons (Fsp3) is 0.222. The molecule has 0 aliphatic rings. The number of halogens is 3. The summed E-state index contributed by atoms with van der Waals surface area (Å²) in [4.78, 5) is 33.9. The Morgan fingerprint density at radius 3 is 2.38 bits per heavy atom. The Hall–Kier alpha value is -3.63. The quantitative estimate of drug-likeness (QED) is 0.537. The summed E-state index contributed by atoms with van der Waals surface area (Å²) in [7, 11) is 0. The van der Waals surface area contributed by atoms with Crippen molar-refractivity contribution in [1.82, 2.24) is 5.32 Å². The summed E-state index contributed by atoms with van der Waals surface area (Å²) in [6.45, 7) is -0.240. The maximum atomic E-state index is 12.2. The fourth-order valence-corrected chi connectivity index (χ4v) is 2.18. The van der Waals surface area contributed by atoms with Gasteiger partial charge in [-0.3, -0.25) is 19.7 Å². The number of hydrogen-bond acceptors (Lipinski definition) is 5. The van der Waals surface area contributed by atoms with Gasteiger partial charge in [0.1, 0.15) is 12.3 Å². The van der Waals surface area contributed by atoms with E-state index >= 15 is 0 Å². The molecule has 0 aliphatic heterocycles. The number of amides is 2. The van der Waals surface area contributed by atoms with E-state index in [-0.39, 0.29) is 22.7 Å². The number of hydrogen-bond donors (Lipinski definition) is 2. The van der Waals surface area contributed by atoms with Crippen LogP contribution in [0.3, 0.4) is 0 Å². The van der Waals surface area contributed by atoms with E-state index in [1.807, 2.05) is 0 Å². The van der Waals surface area contributed by atoms with Crippen molar-refractivity contribution in [3.63, 3.8) is 0 Å². The topological polar surface area (TPSA) is 111 Å². The SMILES string of the molecule is Cc1ccc(C(=O)NCC(F)(F)F)cc1NC(=O)COc1ccc([N+](=O)[O-])cc1. The first kappa shape index (κ1) is 21.7. The lowest BCUT2D eigenvalue weighted by Crippen LogP contribution is -2.33. The monoisotopic (exact) mass is 411 g/mol. The maximum Gasteiger partial charge on any atom is 0.405 e. The molecule has 0 spiro atoms. The number of nitro groups is 1. The first-order valence-electron chi connectivity index (χ1n) is 8.18. The lowest BCUT2D eigenvalue weighted by molar-refractivity contribution is -0.384. The molecule has 0 aromatic heterocycles. The van der Waals surface area contributed by atoms with Crippen LogP contribution in [0.25, 0.3) is 0 Å². The van der Waals surface area contributed by atoms with Gasteiger partial charge >= 0.3 is 6.18 Å². The Bertz CT molecular complexity index is 914. The van der Waals surface area contributed by atoms with E-state index in [2.05, 4.69) is 5.32 Å². The molecule has 8 nitrogen and oxygen atoms in total. The number of aryl methyl sites for hydroxylation is 1. The van der Waals surface area contributed by atoms with Crippen molar-refractivity contribution in [2.45, 2.75) is 13.1 Å². The summed E-state index contributed by atoms with van der Waals surface area (Å²) in [6, 6.07) is 9.19. The summed E-state index contributed by atoms with van der Waals surface area (Å²) in [6.07, 6.45) is -4.54. The molecule has 0 aliphatic carbocycles. The molecule has 2 aromatic carbocycles. The summed E-state index contributed by atoms with van der Waals surface area (Å²) in [5.41, 5.74) is 0.646. The van der Waals surface area contributed by atoms with Crippen LogP contribution in [-0.2, 0) is 4.79 Å². The number of nitrogens with one attached hydrogen (secondary N) is 2. The van der Waals surface area contributed by atoms with Crippen LogP contribution in [-0.4, -0.2) is 36.1 Å². The highest BCUT2D eigenvalue weighted by molar-refractivity contribution is 5.98. The van der Waals surface area contributed by atoms with Crippen LogP contribution in [0.2, 0.25) is 0 Å². The van der Waals surface area contributed by atoms with Gasteiger partial charge in [-0.2, -0.15) is 13.2 Å². The van der Waals surface area contributed by atoms with Crippen molar-refractivity contribution in [3.05, 3.63) is 63.7 Å². The molecule has 2 aromatic rings. The van der Waals surface area contributed by atoms with Crippen LogP contribution in [0.5, 0.6) is 5.75 Å². The van der Waals surface area contributed by atoms with Crippen LogP contribution >= 0.6 is 0 Å². The normalized spacial score (nSPS) is 10.9. The minimum Gasteiger partial charge on any atom is -0.484 e. The maximum absolute atomic E-state index is 12.2. The van der Waals surface area contributed by atoms with Gasteiger partial charge in [-0.05, 0) is 36.8 Å². The zero-order valence-electron chi connectivity index (χ0n) is 15.1. The molecule has 0 fully saturated rings. The van der Waals surface area contributed by atoms with Crippen LogP contribution in [0.1, 0.15) is 15.9 Å². The number of carbonyl (C=O) groups is 2. The van der Waals surface area contributed by atoms with E-state index in [1.54, 1.807) is 12.2 Å². The molecule has 154 valence electrons. The number of nitro benzene ring substituents is 1. The van der Waals surface area contributed by atoms with E-state index in [1.165, 1.54) is 42.5 Å². The standard InChI is InChI=1S/C18H16F3N3O5/c1-11-2-3-12(17(26)22-10-18(19,20)21)8-15(11)23-16(25)9-29-14-6-4-13(5-7-14)24(27)28/h2-8H,9-10H2,1H3,(H,22,26)(H,23,25). The third-order valence-electron chi connectivity index (χ3n) is 3.64. The number of nitrogens with zero attached hydrogens (tertiary/aromatic N) is 1. The minimum absolute atomic E-state index is 0.0496. The highest BCUT2D eigenvalue weighted by Gasteiger charge is 2.28. The molecule has 2 N–H and O–H groups in total. The summed E-state index contributed by atoms with van der Waals surface area (Å²) < 4.78 is 41.9. The molecular weight excluding hydrogens is 395 g/mol. The molecule has 0 heterocycles. The number of carbonyl (C=O) groups excluding carboxylic acids is 2. The van der Waals surface area contributed by atoms with Crippen molar-refractivity contribution >= 4 is 23.2 Å². The molecule has 0 unspecified atom stereocenters. The number of rotatable bonds is 7. The Labute approximate surface area is 162 Å². The molecular formula is C18H16F3N3O5. The summed E-state index contributed by atoms with van der Waals surface area (Å²) >= 11 is 0. The van der Waals surface area contributed by atoms with Crippen molar-refractivity contribution in [2.75, 3.05) is 18.5 Å². The highest BCUT2D eigenvalue weighted by atomic mass is 19.4. The molecule has 0 saturated heterocycles. The Kier molecular flexibility index (Phi) is 6.75. The zero-order valence-corrected chi connectivity index (χ0v) is 15.1. The second-order valence-corrected chi connectivity index (χ2v) is 5.92. The molecule has 11 heteroatoms. The minimum atomic E-state index is -4.54. The second-order valence-electron chi connectivity index (χ2n) is 5.92. The van der Waals surface area contributed by atoms with Crippen molar-refractivity contribution in [1.29, 1.82) is 0 Å². The van der Waals surface area contributed by atoms with Gasteiger partial charge in [0.2, 0.25) is 0 Å². The molecule has 2 rings (SSSR count). The second kappa shape index (κ2) is 9.04. The van der Waals surface area contributed by atoms with E-state index in [0.717, 1.165) is 0 Å². The zero-order chi connectivity index (χ0) is 21.6. The molecule has 29 heavy (non-hydrogen) atoms. The summed E-state index contributed by atoms with van der Waals surface area (Å²) in [5, 5.41) is 14.8. The van der Waals surface area contributed by atoms with Crippen LogP contribution in [0.15, 0.2) is 42.5 Å². The van der Waals surface area contributed by atoms with Crippen molar-refractivity contribution in [2.24, 2.45) is 0 Å². The third kappa shape index (κ3) is 6.79. The van der Waals surface area contributed by atoms with Gasteiger partial charge in [-0.1, -0.05) is 6.07 Å². The Balaban J connectivity index is 1.96. The number of alkyl halides is 3. The van der Waals surface area contributed by atoms with Crippen LogP contribution < -0.4 is 15.4 Å². The lowest BCUT2D eigenvalue weighted by atomic mass is 10.1. The van der Waals surface area contributed by atoms with Crippen molar-refractivity contribution < 1.29 is 32.4 Å². The van der Waals surface area contributed by atoms with E-state index in [0.29, 0.717) is 5.56 Å². The van der Waals surface area contributed by atoms with Gasteiger partial charge < -0.3 is 15.4 Å². The number of anilines is 1. The molecule has 0 bridgehead atoms. The smallest absolute Gasteiger partial charge is 0.405 e. The number of non-ortho nitro benzene ring substituents is 1. The van der Waals surface area contributed by atoms with Gasteiger partial charge in [0.25, 0.3) is 17.5 Å². The predicted molar refractivity (Wildman–Crippen MR) is 96.8 cm³/mol. The number of benzene rings is 2. The van der Waals surface area contributed by atoms with E-state index in [9.17, 15) is 32.9 Å². The molecule has 0 atom stereocenters. The molecule has 0 radical (unpaired) electrons. The van der Waals surface area contributed by atoms with Gasteiger partial charge in [0.15, 0.2) is 6.61 Å². The predicted octanol–water partition coefficient (Wildman–Crippen LogP) is 3.21.